The van der Waals surface area contributed by atoms with Crippen LogP contribution in [0.2, 0.25) is 5.02 Å². The first kappa shape index (κ1) is 18.4. The van der Waals surface area contributed by atoms with Crippen LogP contribution in [0.15, 0.2) is 53.5 Å². The Kier molecular flexibility index (Phi) is 4.29. The van der Waals surface area contributed by atoms with Gasteiger partial charge in [-0.25, -0.2) is 0 Å². The van der Waals surface area contributed by atoms with E-state index >= 15 is 0 Å². The first-order chi connectivity index (χ1) is 14.5. The highest BCUT2D eigenvalue weighted by atomic mass is 35.5. The molecule has 2 aromatic carbocycles. The monoisotopic (exact) mass is 421 g/mol. The smallest absolute Gasteiger partial charge is 0.251 e. The SMILES string of the molecule is COc1ccc(-n2nc3ccc4c(c3n2)[C@H](c2ccc[nH]c2=O)CC(=O)N4)cc1Cl. The number of aromatic amines is 1. The Morgan fingerprint density at radius 1 is 1.17 bits per heavy atom. The summed E-state index contributed by atoms with van der Waals surface area (Å²) in [5.74, 6) is -0.0166. The van der Waals surface area contributed by atoms with Crippen molar-refractivity contribution in [3.8, 4) is 11.4 Å². The maximum Gasteiger partial charge on any atom is 0.251 e. The molecule has 0 bridgehead atoms. The molecule has 9 heteroatoms. The summed E-state index contributed by atoms with van der Waals surface area (Å²) in [7, 11) is 1.55. The van der Waals surface area contributed by atoms with Crippen LogP contribution >= 0.6 is 11.6 Å². The number of nitrogens with zero attached hydrogens (tertiary/aromatic N) is 3. The van der Waals surface area contributed by atoms with Gasteiger partial charge >= 0.3 is 0 Å². The number of halogens is 1. The largest absolute Gasteiger partial charge is 0.495 e. The molecule has 0 spiro atoms. The van der Waals surface area contributed by atoms with Gasteiger partial charge in [0, 0.05) is 35.3 Å². The standard InChI is InChI=1S/C21H16ClN5O3/c1-30-17-7-4-11(9-14(17)22)27-25-16-6-5-15-19(20(16)26-27)13(10-18(28)24-15)12-3-2-8-23-21(12)29/h2-9,13H,10H2,1H3,(H,23,29)(H,24,28)/t13-/m0/s1. The van der Waals surface area contributed by atoms with Gasteiger partial charge < -0.3 is 15.0 Å². The number of benzene rings is 2. The maximum absolute atomic E-state index is 12.4. The van der Waals surface area contributed by atoms with Crippen molar-refractivity contribution in [2.75, 3.05) is 12.4 Å². The van der Waals surface area contributed by atoms with Crippen molar-refractivity contribution in [1.82, 2.24) is 20.0 Å². The summed E-state index contributed by atoms with van der Waals surface area (Å²) in [5.41, 5.74) is 3.63. The second-order valence-electron chi connectivity index (χ2n) is 6.96. The maximum atomic E-state index is 12.4. The van der Waals surface area contributed by atoms with E-state index in [0.29, 0.717) is 38.7 Å². The summed E-state index contributed by atoms with van der Waals surface area (Å²) in [6, 6.07) is 12.3. The molecule has 0 unspecified atom stereocenters. The van der Waals surface area contributed by atoms with Crippen molar-refractivity contribution < 1.29 is 9.53 Å². The number of aromatic nitrogens is 4. The van der Waals surface area contributed by atoms with Gasteiger partial charge in [0.2, 0.25) is 5.91 Å². The second kappa shape index (κ2) is 7.00. The average Bonchev–Trinajstić information content (AvgIpc) is 3.18. The lowest BCUT2D eigenvalue weighted by Crippen LogP contribution is -2.27. The quantitative estimate of drug-likeness (QED) is 0.528. The van der Waals surface area contributed by atoms with E-state index < -0.39 is 5.92 Å². The zero-order valence-corrected chi connectivity index (χ0v) is 16.6. The summed E-state index contributed by atoms with van der Waals surface area (Å²) in [5, 5.41) is 12.6. The van der Waals surface area contributed by atoms with Crippen LogP contribution in [0, 0.1) is 0 Å². The Bertz CT molecular complexity index is 1360. The minimum atomic E-state index is -0.424. The number of fused-ring (bicyclic) bond motifs is 3. The number of nitrogens with one attached hydrogen (secondary N) is 2. The van der Waals surface area contributed by atoms with Crippen LogP contribution in [0.25, 0.3) is 16.7 Å². The first-order valence-corrected chi connectivity index (χ1v) is 9.64. The molecule has 2 aromatic heterocycles. The number of rotatable bonds is 3. The van der Waals surface area contributed by atoms with Crippen LogP contribution in [-0.2, 0) is 4.79 Å². The molecule has 1 aliphatic heterocycles. The van der Waals surface area contributed by atoms with Gasteiger partial charge in [-0.3, -0.25) is 9.59 Å². The van der Waals surface area contributed by atoms with Crippen molar-refractivity contribution in [2.45, 2.75) is 12.3 Å². The number of carbonyl (C=O) groups is 1. The Morgan fingerprint density at radius 3 is 2.80 bits per heavy atom. The molecule has 1 aliphatic rings. The van der Waals surface area contributed by atoms with Gasteiger partial charge in [0.15, 0.2) is 0 Å². The number of pyridine rings is 1. The summed E-state index contributed by atoms with van der Waals surface area (Å²) >= 11 is 6.25. The molecule has 0 aliphatic carbocycles. The zero-order chi connectivity index (χ0) is 20.8. The van der Waals surface area contributed by atoms with Crippen LogP contribution in [0.1, 0.15) is 23.5 Å². The van der Waals surface area contributed by atoms with Crippen LogP contribution in [0.5, 0.6) is 5.75 Å². The van der Waals surface area contributed by atoms with Gasteiger partial charge in [-0.2, -0.15) is 4.80 Å². The molecule has 0 fully saturated rings. The van der Waals surface area contributed by atoms with Crippen molar-refractivity contribution in [3.05, 3.63) is 75.2 Å². The normalized spacial score (nSPS) is 15.7. The third kappa shape index (κ3) is 2.93. The Hall–Kier alpha value is -3.65. The first-order valence-electron chi connectivity index (χ1n) is 9.26. The number of methoxy groups -OCH3 is 1. The molecule has 8 nitrogen and oxygen atoms in total. The van der Waals surface area contributed by atoms with Gasteiger partial charge in [-0.05, 0) is 36.4 Å². The number of amides is 1. The molecular weight excluding hydrogens is 406 g/mol. The fourth-order valence-electron chi connectivity index (χ4n) is 3.82. The second-order valence-corrected chi connectivity index (χ2v) is 7.37. The summed E-state index contributed by atoms with van der Waals surface area (Å²) < 4.78 is 5.20. The van der Waals surface area contributed by atoms with Gasteiger partial charge in [0.1, 0.15) is 16.8 Å². The third-order valence-electron chi connectivity index (χ3n) is 5.20. The van der Waals surface area contributed by atoms with Crippen molar-refractivity contribution >= 4 is 34.2 Å². The predicted octanol–water partition coefficient (Wildman–Crippen LogP) is 3.24. The Morgan fingerprint density at radius 2 is 2.03 bits per heavy atom. The molecule has 2 N–H and O–H groups in total. The van der Waals surface area contributed by atoms with E-state index in [1.807, 2.05) is 0 Å². The van der Waals surface area contributed by atoms with Crippen molar-refractivity contribution in [2.24, 2.45) is 0 Å². The van der Waals surface area contributed by atoms with E-state index in [9.17, 15) is 9.59 Å². The van der Waals surface area contributed by atoms with E-state index in [1.54, 1.807) is 55.8 Å². The van der Waals surface area contributed by atoms with Crippen molar-refractivity contribution in [3.63, 3.8) is 0 Å². The van der Waals surface area contributed by atoms with Gasteiger partial charge in [0.05, 0.1) is 17.8 Å². The highest BCUT2D eigenvalue weighted by Gasteiger charge is 2.31. The Balaban J connectivity index is 1.70. The summed E-state index contributed by atoms with van der Waals surface area (Å²) in [6.07, 6.45) is 1.72. The van der Waals surface area contributed by atoms with Crippen LogP contribution < -0.4 is 15.6 Å². The van der Waals surface area contributed by atoms with Crippen LogP contribution in [0.3, 0.4) is 0 Å². The minimum absolute atomic E-state index is 0.149. The number of hydrogen-bond donors (Lipinski definition) is 2. The van der Waals surface area contributed by atoms with Crippen LogP contribution in [-0.4, -0.2) is 33.0 Å². The number of carbonyl (C=O) groups excluding carboxylic acids is 1. The number of ether oxygens (including phenoxy) is 1. The van der Waals surface area contributed by atoms with E-state index in [1.165, 1.54) is 4.80 Å². The molecule has 1 amide bonds. The van der Waals surface area contributed by atoms with Crippen LogP contribution in [0.4, 0.5) is 5.69 Å². The molecule has 0 saturated heterocycles. The van der Waals surface area contributed by atoms with E-state index in [4.69, 9.17) is 16.3 Å². The molecule has 4 aromatic rings. The van der Waals surface area contributed by atoms with E-state index in [-0.39, 0.29) is 17.9 Å². The predicted molar refractivity (Wildman–Crippen MR) is 113 cm³/mol. The summed E-state index contributed by atoms with van der Waals surface area (Å²) in [4.78, 5) is 28.9. The van der Waals surface area contributed by atoms with Crippen molar-refractivity contribution in [1.29, 1.82) is 0 Å². The zero-order valence-electron chi connectivity index (χ0n) is 15.8. The number of H-pyrrole nitrogens is 1. The minimum Gasteiger partial charge on any atom is -0.495 e. The van der Waals surface area contributed by atoms with Gasteiger partial charge in [-0.15, -0.1) is 10.2 Å². The highest BCUT2D eigenvalue weighted by Crippen LogP contribution is 2.39. The topological polar surface area (TPSA) is 102 Å². The lowest BCUT2D eigenvalue weighted by Gasteiger charge is -2.25. The number of anilines is 1. The lowest BCUT2D eigenvalue weighted by atomic mass is 9.84. The molecular formula is C21H16ClN5O3. The molecule has 0 radical (unpaired) electrons. The number of hydrogen-bond acceptors (Lipinski definition) is 5. The third-order valence-corrected chi connectivity index (χ3v) is 5.49. The summed E-state index contributed by atoms with van der Waals surface area (Å²) in [6.45, 7) is 0. The fraction of sp³-hybridized carbons (Fsp3) is 0.143. The van der Waals surface area contributed by atoms with E-state index in [0.717, 1.165) is 5.56 Å². The average molecular weight is 422 g/mol. The van der Waals surface area contributed by atoms with E-state index in [2.05, 4.69) is 20.5 Å². The molecule has 1 atom stereocenters. The molecule has 30 heavy (non-hydrogen) atoms. The van der Waals surface area contributed by atoms with Gasteiger partial charge in [0.25, 0.3) is 5.56 Å². The highest BCUT2D eigenvalue weighted by molar-refractivity contribution is 6.32. The molecule has 3 heterocycles. The Labute approximate surface area is 175 Å². The molecule has 0 saturated carbocycles. The lowest BCUT2D eigenvalue weighted by molar-refractivity contribution is -0.116. The molecule has 5 rings (SSSR count). The van der Waals surface area contributed by atoms with Gasteiger partial charge in [-0.1, -0.05) is 17.7 Å². The fourth-order valence-corrected chi connectivity index (χ4v) is 4.07. The molecule has 150 valence electrons.